The van der Waals surface area contributed by atoms with Gasteiger partial charge in [-0.25, -0.2) is 9.78 Å². The van der Waals surface area contributed by atoms with Crippen molar-refractivity contribution in [2.75, 3.05) is 18.2 Å². The number of H-pyrrole nitrogens is 1. The first-order valence-electron chi connectivity index (χ1n) is 7.13. The van der Waals surface area contributed by atoms with Crippen LogP contribution in [0.3, 0.4) is 0 Å². The monoisotopic (exact) mass is 362 g/mol. The van der Waals surface area contributed by atoms with Crippen LogP contribution >= 0.6 is 23.8 Å². The van der Waals surface area contributed by atoms with E-state index in [1.165, 1.54) is 7.11 Å². The predicted molar refractivity (Wildman–Crippen MR) is 95.5 cm³/mol. The van der Waals surface area contributed by atoms with Crippen LogP contribution in [0.1, 0.15) is 24.0 Å². The van der Waals surface area contributed by atoms with Crippen LogP contribution in [0.5, 0.6) is 0 Å². The summed E-state index contributed by atoms with van der Waals surface area (Å²) >= 11 is 11.2. The molecule has 1 aliphatic heterocycles. The van der Waals surface area contributed by atoms with E-state index in [-0.39, 0.29) is 4.77 Å². The molecule has 1 unspecified atom stereocenters. The summed E-state index contributed by atoms with van der Waals surface area (Å²) in [4.78, 5) is 19.5. The number of rotatable bonds is 2. The van der Waals surface area contributed by atoms with Gasteiger partial charge in [-0.2, -0.15) is 0 Å². The number of nitrogens with one attached hydrogen (secondary N) is 2. The van der Waals surface area contributed by atoms with Gasteiger partial charge >= 0.3 is 5.97 Å². The molecule has 1 aromatic heterocycles. The highest BCUT2D eigenvalue weighted by atomic mass is 35.5. The van der Waals surface area contributed by atoms with E-state index in [1.54, 1.807) is 19.1 Å². The van der Waals surface area contributed by atoms with Crippen LogP contribution in [0.25, 0.3) is 0 Å². The van der Waals surface area contributed by atoms with Gasteiger partial charge in [0.05, 0.1) is 18.6 Å². The molecule has 8 heteroatoms. The quantitative estimate of drug-likeness (QED) is 0.560. The number of hydrogen-bond donors (Lipinski definition) is 3. The Morgan fingerprint density at radius 1 is 1.46 bits per heavy atom. The smallest absolute Gasteiger partial charge is 0.336 e. The minimum absolute atomic E-state index is 0.262. The number of nitrogen functional groups attached to an aromatic ring is 1. The lowest BCUT2D eigenvalue weighted by Crippen LogP contribution is -2.26. The summed E-state index contributed by atoms with van der Waals surface area (Å²) in [5.74, 6) is -0.0491. The minimum atomic E-state index is -0.466. The SMILES string of the molecule is COC(=O)C1=C(C)Nc2nc(=S)[nH]c(N)c2C1c1cccc(Cl)c1. The van der Waals surface area contributed by atoms with Crippen LogP contribution in [0.2, 0.25) is 5.02 Å². The number of anilines is 2. The highest BCUT2D eigenvalue weighted by Gasteiger charge is 2.35. The number of nitrogens with two attached hydrogens (primary N) is 1. The van der Waals surface area contributed by atoms with Gasteiger partial charge in [-0.3, -0.25) is 0 Å². The number of benzene rings is 1. The number of aromatic nitrogens is 2. The van der Waals surface area contributed by atoms with E-state index in [0.717, 1.165) is 5.56 Å². The van der Waals surface area contributed by atoms with Crippen LogP contribution in [-0.4, -0.2) is 23.0 Å². The molecule has 1 aromatic carbocycles. The maximum atomic E-state index is 12.4. The summed E-state index contributed by atoms with van der Waals surface area (Å²) in [5.41, 5.74) is 8.67. The molecule has 1 atom stereocenters. The zero-order valence-electron chi connectivity index (χ0n) is 13.0. The molecule has 0 saturated carbocycles. The van der Waals surface area contributed by atoms with E-state index < -0.39 is 11.9 Å². The fourth-order valence-corrected chi connectivity index (χ4v) is 3.29. The summed E-state index contributed by atoms with van der Waals surface area (Å²) in [6, 6.07) is 7.25. The third-order valence-corrected chi connectivity index (χ3v) is 4.30. The Bertz CT molecular complexity index is 923. The van der Waals surface area contributed by atoms with Crippen molar-refractivity contribution in [3.63, 3.8) is 0 Å². The largest absolute Gasteiger partial charge is 0.466 e. The van der Waals surface area contributed by atoms with Crippen LogP contribution < -0.4 is 11.1 Å². The summed E-state index contributed by atoms with van der Waals surface area (Å²) in [6.07, 6.45) is 0. The predicted octanol–water partition coefficient (Wildman–Crippen LogP) is 3.38. The standard InChI is InChI=1S/C16H15ClN4O2S/c1-7-10(15(22)23-2)11(8-4-3-5-9(17)6-8)12-13(18)20-16(24)21-14(12)19-7/h3-6,11H,1-2H3,(H4,18,19,20,21,24). The van der Waals surface area contributed by atoms with Crippen molar-refractivity contribution in [2.24, 2.45) is 0 Å². The van der Waals surface area contributed by atoms with Crippen molar-refractivity contribution >= 4 is 41.4 Å². The molecule has 0 saturated heterocycles. The molecule has 124 valence electrons. The molecule has 0 radical (unpaired) electrons. The molecule has 2 aromatic rings. The van der Waals surface area contributed by atoms with Crippen LogP contribution in [0, 0.1) is 4.77 Å². The second-order valence-electron chi connectivity index (χ2n) is 5.36. The van der Waals surface area contributed by atoms with Crippen molar-refractivity contribution in [1.82, 2.24) is 9.97 Å². The van der Waals surface area contributed by atoms with Crippen LogP contribution in [0.15, 0.2) is 35.5 Å². The van der Waals surface area contributed by atoms with E-state index >= 15 is 0 Å². The lowest BCUT2D eigenvalue weighted by molar-refractivity contribution is -0.136. The lowest BCUT2D eigenvalue weighted by Gasteiger charge is -2.29. The summed E-state index contributed by atoms with van der Waals surface area (Å²) in [6.45, 7) is 1.78. The van der Waals surface area contributed by atoms with E-state index in [4.69, 9.17) is 34.3 Å². The molecule has 0 bridgehead atoms. The zero-order chi connectivity index (χ0) is 17.4. The highest BCUT2D eigenvalue weighted by Crippen LogP contribution is 2.43. The number of fused-ring (bicyclic) bond motifs is 1. The third-order valence-electron chi connectivity index (χ3n) is 3.87. The van der Waals surface area contributed by atoms with Gasteiger partial charge < -0.3 is 20.8 Å². The fourth-order valence-electron chi connectivity index (χ4n) is 2.89. The zero-order valence-corrected chi connectivity index (χ0v) is 14.6. The Hall–Kier alpha value is -2.38. The highest BCUT2D eigenvalue weighted by molar-refractivity contribution is 7.71. The first-order valence-corrected chi connectivity index (χ1v) is 7.92. The number of esters is 1. The number of hydrogen-bond acceptors (Lipinski definition) is 6. The van der Waals surface area contributed by atoms with Gasteiger partial charge in [0.1, 0.15) is 11.6 Å². The number of nitrogens with zero attached hydrogens (tertiary/aromatic N) is 1. The van der Waals surface area contributed by atoms with Gasteiger partial charge in [0.15, 0.2) is 4.77 Å². The van der Waals surface area contributed by atoms with Gasteiger partial charge in [0, 0.05) is 16.3 Å². The van der Waals surface area contributed by atoms with Crippen molar-refractivity contribution in [3.8, 4) is 0 Å². The van der Waals surface area contributed by atoms with Crippen molar-refractivity contribution in [3.05, 3.63) is 56.5 Å². The normalized spacial score (nSPS) is 16.4. The Labute approximate surface area is 148 Å². The van der Waals surface area contributed by atoms with E-state index in [9.17, 15) is 4.79 Å². The van der Waals surface area contributed by atoms with Gasteiger partial charge in [-0.15, -0.1) is 0 Å². The number of ether oxygens (including phenoxy) is 1. The second kappa shape index (κ2) is 6.26. The summed E-state index contributed by atoms with van der Waals surface area (Å²) < 4.78 is 5.22. The molecule has 3 rings (SSSR count). The molecule has 0 aliphatic carbocycles. The number of allylic oxidation sites excluding steroid dienone is 1. The number of aromatic amines is 1. The number of halogens is 1. The average molecular weight is 363 g/mol. The topological polar surface area (TPSA) is 93.0 Å². The van der Waals surface area contributed by atoms with Crippen molar-refractivity contribution in [1.29, 1.82) is 0 Å². The maximum absolute atomic E-state index is 12.4. The van der Waals surface area contributed by atoms with E-state index in [0.29, 0.717) is 33.5 Å². The summed E-state index contributed by atoms with van der Waals surface area (Å²) in [5, 5.41) is 3.65. The van der Waals surface area contributed by atoms with Gasteiger partial charge in [0.25, 0.3) is 0 Å². The number of carbonyl (C=O) groups excluding carboxylic acids is 1. The van der Waals surface area contributed by atoms with Gasteiger partial charge in [-0.05, 0) is 36.8 Å². The van der Waals surface area contributed by atoms with Crippen LogP contribution in [-0.2, 0) is 9.53 Å². The van der Waals surface area contributed by atoms with Crippen molar-refractivity contribution in [2.45, 2.75) is 12.8 Å². The molecule has 2 heterocycles. The Morgan fingerprint density at radius 3 is 2.88 bits per heavy atom. The number of carbonyl (C=O) groups is 1. The summed E-state index contributed by atoms with van der Waals surface area (Å²) in [7, 11) is 1.34. The van der Waals surface area contributed by atoms with Crippen LogP contribution in [0.4, 0.5) is 11.6 Å². The molecular weight excluding hydrogens is 348 g/mol. The third kappa shape index (κ3) is 2.76. The Balaban J connectivity index is 2.32. The molecule has 6 nitrogen and oxygen atoms in total. The first kappa shape index (κ1) is 16.5. The Kier molecular flexibility index (Phi) is 4.29. The Morgan fingerprint density at radius 2 is 2.21 bits per heavy atom. The van der Waals surface area contributed by atoms with E-state index in [1.807, 2.05) is 12.1 Å². The lowest BCUT2D eigenvalue weighted by atomic mass is 9.82. The molecule has 0 spiro atoms. The molecule has 0 fully saturated rings. The maximum Gasteiger partial charge on any atom is 0.336 e. The second-order valence-corrected chi connectivity index (χ2v) is 6.18. The van der Waals surface area contributed by atoms with Gasteiger partial charge in [-0.1, -0.05) is 23.7 Å². The molecule has 1 aliphatic rings. The minimum Gasteiger partial charge on any atom is -0.466 e. The molecule has 24 heavy (non-hydrogen) atoms. The molecule has 0 amide bonds. The fraction of sp³-hybridized carbons (Fsp3) is 0.188. The molecular formula is C16H15ClN4O2S. The average Bonchev–Trinajstić information content (AvgIpc) is 2.52. The number of methoxy groups -OCH3 is 1. The van der Waals surface area contributed by atoms with Crippen molar-refractivity contribution < 1.29 is 9.53 Å². The first-order chi connectivity index (χ1) is 11.4. The molecule has 4 N–H and O–H groups in total. The van der Waals surface area contributed by atoms with E-state index in [2.05, 4.69) is 15.3 Å². The van der Waals surface area contributed by atoms with Gasteiger partial charge in [0.2, 0.25) is 0 Å².